The van der Waals surface area contributed by atoms with Crippen LogP contribution in [0.2, 0.25) is 0 Å². The fourth-order valence-corrected chi connectivity index (χ4v) is 3.26. The van der Waals surface area contributed by atoms with Gasteiger partial charge in [0.1, 0.15) is 0 Å². The maximum atomic E-state index is 10.3. The molecule has 0 bridgehead atoms. The van der Waals surface area contributed by atoms with Gasteiger partial charge in [-0.05, 0) is 19.3 Å². The van der Waals surface area contributed by atoms with Crippen LogP contribution in [0.25, 0.3) is 0 Å². The molecule has 0 rings (SSSR count). The summed E-state index contributed by atoms with van der Waals surface area (Å²) in [5, 5.41) is 28.2. The summed E-state index contributed by atoms with van der Waals surface area (Å²) in [5.74, 6) is 0. The summed E-state index contributed by atoms with van der Waals surface area (Å²) in [5.41, 5.74) is -0.860. The maximum absolute atomic E-state index is 10.3. The smallest absolute Gasteiger partial charge is 0.0691 e. The molecule has 0 fully saturated rings. The zero-order chi connectivity index (χ0) is 17.2. The second-order valence-electron chi connectivity index (χ2n) is 7.16. The molecule has 0 aromatic rings. The normalized spacial score (nSPS) is 12.0. The highest BCUT2D eigenvalue weighted by molar-refractivity contribution is 4.77. The van der Waals surface area contributed by atoms with E-state index in [0.717, 1.165) is 12.8 Å². The highest BCUT2D eigenvalue weighted by Crippen LogP contribution is 2.23. The lowest BCUT2D eigenvalue weighted by Gasteiger charge is -2.26. The molecule has 0 atom stereocenters. The SMILES string of the molecule is CCCCCCCCCCCCCCCC(O)(CCO)CCO. The van der Waals surface area contributed by atoms with E-state index in [1.54, 1.807) is 0 Å². The van der Waals surface area contributed by atoms with E-state index < -0.39 is 5.60 Å². The number of hydrogen-bond donors (Lipinski definition) is 3. The summed E-state index contributed by atoms with van der Waals surface area (Å²) in [7, 11) is 0. The van der Waals surface area contributed by atoms with E-state index in [1.807, 2.05) is 0 Å². The number of hydrogen-bond acceptors (Lipinski definition) is 3. The Balaban J connectivity index is 3.32. The molecule has 0 unspecified atom stereocenters. The van der Waals surface area contributed by atoms with Gasteiger partial charge < -0.3 is 15.3 Å². The second kappa shape index (κ2) is 16.7. The third kappa shape index (κ3) is 15.2. The molecule has 0 spiro atoms. The van der Waals surface area contributed by atoms with E-state index in [2.05, 4.69) is 6.92 Å². The third-order valence-electron chi connectivity index (χ3n) is 4.90. The van der Waals surface area contributed by atoms with Crippen LogP contribution in [0, 0.1) is 0 Å². The lowest BCUT2D eigenvalue weighted by molar-refractivity contribution is -0.0140. The summed E-state index contributed by atoms with van der Waals surface area (Å²) in [4.78, 5) is 0. The van der Waals surface area contributed by atoms with Gasteiger partial charge in [-0.15, -0.1) is 0 Å². The van der Waals surface area contributed by atoms with Crippen molar-refractivity contribution in [3.8, 4) is 0 Å². The number of rotatable bonds is 18. The molecule has 0 aromatic carbocycles. The quantitative estimate of drug-likeness (QED) is 0.311. The molecule has 0 aliphatic heterocycles. The Kier molecular flexibility index (Phi) is 16.6. The average molecular weight is 331 g/mol. The number of aliphatic hydroxyl groups excluding tert-OH is 2. The molecule has 3 heteroatoms. The van der Waals surface area contributed by atoms with Crippen molar-refractivity contribution in [2.75, 3.05) is 13.2 Å². The first-order valence-electron chi connectivity index (χ1n) is 10.1. The lowest BCUT2D eigenvalue weighted by Crippen LogP contribution is -2.31. The molecule has 0 aliphatic rings. The highest BCUT2D eigenvalue weighted by Gasteiger charge is 2.24. The van der Waals surface area contributed by atoms with Gasteiger partial charge in [0, 0.05) is 13.2 Å². The predicted molar refractivity (Wildman–Crippen MR) is 98.7 cm³/mol. The van der Waals surface area contributed by atoms with E-state index in [0.29, 0.717) is 19.3 Å². The van der Waals surface area contributed by atoms with Crippen LogP contribution in [0.15, 0.2) is 0 Å². The van der Waals surface area contributed by atoms with Crippen molar-refractivity contribution in [1.82, 2.24) is 0 Å². The van der Waals surface area contributed by atoms with Crippen LogP contribution in [-0.4, -0.2) is 34.1 Å². The fraction of sp³-hybridized carbons (Fsp3) is 1.00. The van der Waals surface area contributed by atoms with Crippen molar-refractivity contribution >= 4 is 0 Å². The Morgan fingerprint density at radius 2 is 0.870 bits per heavy atom. The van der Waals surface area contributed by atoms with Gasteiger partial charge in [0.15, 0.2) is 0 Å². The second-order valence-corrected chi connectivity index (χ2v) is 7.16. The summed E-state index contributed by atoms with van der Waals surface area (Å²) in [6.07, 6.45) is 18.6. The van der Waals surface area contributed by atoms with Crippen molar-refractivity contribution < 1.29 is 15.3 Å². The van der Waals surface area contributed by atoms with Gasteiger partial charge in [-0.25, -0.2) is 0 Å². The molecule has 0 amide bonds. The molecule has 0 saturated heterocycles. The minimum Gasteiger partial charge on any atom is -0.396 e. The molecular formula is C20H42O3. The maximum Gasteiger partial charge on any atom is 0.0691 e. The molecule has 0 saturated carbocycles. The van der Waals surface area contributed by atoms with E-state index in [4.69, 9.17) is 10.2 Å². The predicted octanol–water partition coefficient (Wildman–Crippen LogP) is 4.96. The Morgan fingerprint density at radius 3 is 1.22 bits per heavy atom. The van der Waals surface area contributed by atoms with Crippen molar-refractivity contribution in [2.24, 2.45) is 0 Å². The zero-order valence-corrected chi connectivity index (χ0v) is 15.6. The standard InChI is InChI=1S/C20H42O3/c1-2-3-4-5-6-7-8-9-10-11-12-13-14-15-20(23,16-18-21)17-19-22/h21-23H,2-19H2,1H3. The summed E-state index contributed by atoms with van der Waals surface area (Å²) in [6, 6.07) is 0. The van der Waals surface area contributed by atoms with Gasteiger partial charge in [-0.1, -0.05) is 90.4 Å². The van der Waals surface area contributed by atoms with Gasteiger partial charge >= 0.3 is 0 Å². The summed E-state index contributed by atoms with van der Waals surface area (Å²) in [6.45, 7) is 2.25. The first kappa shape index (κ1) is 22.9. The van der Waals surface area contributed by atoms with E-state index >= 15 is 0 Å². The van der Waals surface area contributed by atoms with E-state index in [9.17, 15) is 5.11 Å². The highest BCUT2D eigenvalue weighted by atomic mass is 16.3. The minimum absolute atomic E-state index is 0.00502. The Bertz CT molecular complexity index is 225. The first-order chi connectivity index (χ1) is 11.2. The molecule has 3 N–H and O–H groups in total. The molecule has 0 aromatic heterocycles. The molecule has 0 radical (unpaired) electrons. The van der Waals surface area contributed by atoms with Gasteiger partial charge in [0.05, 0.1) is 5.60 Å². The van der Waals surface area contributed by atoms with Gasteiger partial charge in [0.2, 0.25) is 0 Å². The molecule has 0 heterocycles. The average Bonchev–Trinajstić information content (AvgIpc) is 2.52. The third-order valence-corrected chi connectivity index (χ3v) is 4.90. The van der Waals surface area contributed by atoms with Crippen molar-refractivity contribution in [2.45, 2.75) is 115 Å². The molecule has 140 valence electrons. The van der Waals surface area contributed by atoms with E-state index in [1.165, 1.54) is 70.6 Å². The van der Waals surface area contributed by atoms with Gasteiger partial charge in [-0.3, -0.25) is 0 Å². The van der Waals surface area contributed by atoms with Crippen LogP contribution < -0.4 is 0 Å². The zero-order valence-electron chi connectivity index (χ0n) is 15.6. The molecule has 23 heavy (non-hydrogen) atoms. The van der Waals surface area contributed by atoms with Crippen LogP contribution in [0.1, 0.15) is 110 Å². The van der Waals surface area contributed by atoms with Crippen LogP contribution >= 0.6 is 0 Å². The molecule has 3 nitrogen and oxygen atoms in total. The van der Waals surface area contributed by atoms with Gasteiger partial charge in [0.25, 0.3) is 0 Å². The van der Waals surface area contributed by atoms with Gasteiger partial charge in [-0.2, -0.15) is 0 Å². The van der Waals surface area contributed by atoms with Crippen LogP contribution in [0.3, 0.4) is 0 Å². The van der Waals surface area contributed by atoms with Crippen molar-refractivity contribution in [1.29, 1.82) is 0 Å². The van der Waals surface area contributed by atoms with Crippen molar-refractivity contribution in [3.05, 3.63) is 0 Å². The van der Waals surface area contributed by atoms with Crippen LogP contribution in [0.5, 0.6) is 0 Å². The Hall–Kier alpha value is -0.120. The topological polar surface area (TPSA) is 60.7 Å². The summed E-state index contributed by atoms with van der Waals surface area (Å²) < 4.78 is 0. The van der Waals surface area contributed by atoms with Crippen LogP contribution in [-0.2, 0) is 0 Å². The minimum atomic E-state index is -0.860. The fourth-order valence-electron chi connectivity index (χ4n) is 3.26. The Labute approximate surface area is 144 Å². The molecule has 0 aliphatic carbocycles. The van der Waals surface area contributed by atoms with Crippen molar-refractivity contribution in [3.63, 3.8) is 0 Å². The monoisotopic (exact) mass is 330 g/mol. The van der Waals surface area contributed by atoms with Crippen LogP contribution in [0.4, 0.5) is 0 Å². The summed E-state index contributed by atoms with van der Waals surface area (Å²) >= 11 is 0. The Morgan fingerprint density at radius 1 is 0.522 bits per heavy atom. The number of unbranched alkanes of at least 4 members (excludes halogenated alkanes) is 12. The molecular weight excluding hydrogens is 288 g/mol. The largest absolute Gasteiger partial charge is 0.396 e. The number of aliphatic hydroxyl groups is 3. The van der Waals surface area contributed by atoms with E-state index in [-0.39, 0.29) is 13.2 Å². The lowest BCUT2D eigenvalue weighted by atomic mass is 9.89. The first-order valence-corrected chi connectivity index (χ1v) is 10.1.